The summed E-state index contributed by atoms with van der Waals surface area (Å²) in [5.74, 6) is 3.22. The first-order valence-corrected chi connectivity index (χ1v) is 25.9. The molecule has 0 spiro atoms. The summed E-state index contributed by atoms with van der Waals surface area (Å²) in [4.78, 5) is 30.1. The van der Waals surface area contributed by atoms with Crippen molar-refractivity contribution in [3.63, 3.8) is 0 Å². The number of hydrogen-bond acceptors (Lipinski definition) is 19. The van der Waals surface area contributed by atoms with E-state index in [1.807, 2.05) is 83.0 Å². The van der Waals surface area contributed by atoms with Gasteiger partial charge in [0.05, 0.1) is 0 Å². The van der Waals surface area contributed by atoms with E-state index in [4.69, 9.17) is 15.7 Å². The normalized spacial score (nSPS) is 14.6. The van der Waals surface area contributed by atoms with Crippen molar-refractivity contribution in [3.8, 4) is 34.9 Å². The van der Waals surface area contributed by atoms with Gasteiger partial charge in [-0.25, -0.2) is 18.4 Å². The van der Waals surface area contributed by atoms with E-state index < -0.39 is 9.84 Å². The number of halogens is 1. The molecule has 0 bridgehead atoms. The van der Waals surface area contributed by atoms with Crippen molar-refractivity contribution < 1.29 is 11.3 Å². The third-order valence-corrected chi connectivity index (χ3v) is 12.5. The Labute approximate surface area is 438 Å². The van der Waals surface area contributed by atoms with Crippen molar-refractivity contribution in [1.29, 1.82) is 10.5 Å². The Morgan fingerprint density at radius 1 is 0.753 bits per heavy atom. The zero-order chi connectivity index (χ0) is 52.4. The fourth-order valence-corrected chi connectivity index (χ4v) is 8.80. The second kappa shape index (κ2) is 24.6. The lowest BCUT2D eigenvalue weighted by atomic mass is 9.96. The summed E-state index contributed by atoms with van der Waals surface area (Å²) in [7, 11) is 0.0274. The zero-order valence-corrected chi connectivity index (χ0v) is 45.3. The molecular formula is C50H74ClN19O2S. The van der Waals surface area contributed by atoms with Crippen molar-refractivity contribution in [2.75, 3.05) is 72.3 Å². The van der Waals surface area contributed by atoms with Gasteiger partial charge in [0.15, 0.2) is 34.9 Å². The van der Waals surface area contributed by atoms with Gasteiger partial charge >= 0.3 is 0 Å². The van der Waals surface area contributed by atoms with E-state index in [-0.39, 0.29) is 54.5 Å². The average molecular weight is 1040 g/mol. The Hall–Kier alpha value is -6.98. The highest BCUT2D eigenvalue weighted by Crippen LogP contribution is 2.34. The number of nitrogens with two attached hydrogens (primary N) is 1. The molecule has 2 fully saturated rings. The van der Waals surface area contributed by atoms with Gasteiger partial charge in [0.1, 0.15) is 35.9 Å². The molecule has 2 aliphatic rings. The van der Waals surface area contributed by atoms with Gasteiger partial charge in [-0.05, 0) is 73.7 Å². The molecule has 1 atom stereocenters. The molecule has 1 aliphatic heterocycles. The van der Waals surface area contributed by atoms with Crippen LogP contribution in [0.5, 0.6) is 0 Å². The molecule has 8 N–H and O–H groups in total. The summed E-state index contributed by atoms with van der Waals surface area (Å²) in [6, 6.07) is 16.8. The second-order valence-electron chi connectivity index (χ2n) is 20.8. The molecule has 73 heavy (non-hydrogen) atoms. The number of anilines is 7. The van der Waals surface area contributed by atoms with Crippen LogP contribution < -0.4 is 36.8 Å². The summed E-state index contributed by atoms with van der Waals surface area (Å²) in [6.07, 6.45) is 10.2. The maximum absolute atomic E-state index is 12.3. The number of H-pyrrole nitrogens is 2. The molecule has 1 aliphatic carbocycles. The molecule has 5 heterocycles. The van der Waals surface area contributed by atoms with Gasteiger partial charge in [-0.15, -0.1) is 12.4 Å². The van der Waals surface area contributed by atoms with Crippen LogP contribution in [0, 0.1) is 47.3 Å². The molecule has 394 valence electrons. The number of aromatic nitrogens is 10. The fourth-order valence-electron chi connectivity index (χ4n) is 8.29. The quantitative estimate of drug-likeness (QED) is 0.0535. The van der Waals surface area contributed by atoms with Crippen LogP contribution in [0.3, 0.4) is 0 Å². The molecular weight excluding hydrogens is 966 g/mol. The fraction of sp³-hybridized carbons (Fsp3) is 0.480. The molecule has 1 saturated carbocycles. The third-order valence-electron chi connectivity index (χ3n) is 11.6. The Morgan fingerprint density at radius 3 is 1.62 bits per heavy atom. The highest BCUT2D eigenvalue weighted by molar-refractivity contribution is 7.90. The van der Waals surface area contributed by atoms with Gasteiger partial charge in [-0.1, -0.05) is 78.6 Å². The highest BCUT2D eigenvalue weighted by Gasteiger charge is 2.27. The van der Waals surface area contributed by atoms with Crippen LogP contribution in [0.15, 0.2) is 54.2 Å². The number of aromatic amines is 2. The lowest BCUT2D eigenvalue weighted by Crippen LogP contribution is -2.31. The van der Waals surface area contributed by atoms with E-state index in [1.165, 1.54) is 38.3 Å². The van der Waals surface area contributed by atoms with Crippen LogP contribution in [0.25, 0.3) is 22.8 Å². The monoisotopic (exact) mass is 1040 g/mol. The van der Waals surface area contributed by atoms with Gasteiger partial charge in [0.25, 0.3) is 5.16 Å². The van der Waals surface area contributed by atoms with E-state index in [0.29, 0.717) is 53.1 Å². The first-order valence-electron chi connectivity index (χ1n) is 24.0. The molecule has 0 radical (unpaired) electrons. The molecule has 2 aromatic carbocycles. The van der Waals surface area contributed by atoms with Crippen molar-refractivity contribution >= 4 is 62.8 Å². The smallest absolute Gasteiger partial charge is 0.250 e. The summed E-state index contributed by atoms with van der Waals surface area (Å²) >= 11 is 0. The predicted octanol–water partition coefficient (Wildman–Crippen LogP) is 8.31. The van der Waals surface area contributed by atoms with Gasteiger partial charge in [0, 0.05) is 77.4 Å². The Bertz CT molecular complexity index is 2980. The minimum Gasteiger partial charge on any atom is -0.358 e. The van der Waals surface area contributed by atoms with Crippen molar-refractivity contribution in [2.24, 2.45) is 16.6 Å². The van der Waals surface area contributed by atoms with E-state index >= 15 is 0 Å². The minimum atomic E-state index is -3.72. The predicted molar refractivity (Wildman–Crippen MR) is 295 cm³/mol. The standard InChI is InChI=1S/C24H32N10.C21H26N8O2S.C5H11N.ClH.2H2/c1-15-6-7-16(20-27-14-28-33-20)10-19(15)30-21-18(11-25)22(34(5)13-24(2,3)4)32-23(31-21)29-17-8-9-26-12-17;1-13-7-8-14(17-23-12-24-28-17)9-16(13)25-18-15(10-22)19(29(5)11-21(2,3)4)27-20(26-18)32(6,30)31;6-5-3-1-2-4-5;;;/h6-7,10,14,17,26H,8-9,12-13H2,1-5H3,(H,27,28,33)(H2,29,30,31,32);7-9,12H,11H2,1-6H3,(H,23,24,28)(H,25,26,27);5H,1-4,6H2;3*1H/t17-;;;;;/m1...../s1. The van der Waals surface area contributed by atoms with E-state index in [9.17, 15) is 18.9 Å². The maximum Gasteiger partial charge on any atom is 0.250 e. The summed E-state index contributed by atoms with van der Waals surface area (Å²) in [5, 5.41) is 46.5. The van der Waals surface area contributed by atoms with Crippen LogP contribution in [0.4, 0.5) is 40.6 Å². The summed E-state index contributed by atoms with van der Waals surface area (Å²) in [6.45, 7) is 19.7. The first kappa shape index (κ1) is 56.9. The van der Waals surface area contributed by atoms with Crippen LogP contribution in [-0.2, 0) is 9.84 Å². The first-order chi connectivity index (χ1) is 34.0. The van der Waals surface area contributed by atoms with Crippen LogP contribution in [0.2, 0.25) is 0 Å². The molecule has 21 nitrogen and oxygen atoms in total. The van der Waals surface area contributed by atoms with Gasteiger partial charge < -0.3 is 36.8 Å². The van der Waals surface area contributed by atoms with Crippen molar-refractivity contribution in [2.45, 2.75) is 105 Å². The summed E-state index contributed by atoms with van der Waals surface area (Å²) in [5.41, 5.74) is 11.1. The number of hydrogen-bond donors (Lipinski definition) is 7. The zero-order valence-electron chi connectivity index (χ0n) is 43.7. The molecule has 0 unspecified atom stereocenters. The number of nitriles is 2. The summed E-state index contributed by atoms with van der Waals surface area (Å²) < 4.78 is 24.6. The Balaban J connectivity index is 0.000000343. The Kier molecular flexibility index (Phi) is 19.2. The number of aryl methyl sites for hydroxylation is 2. The van der Waals surface area contributed by atoms with E-state index in [0.717, 1.165) is 60.3 Å². The second-order valence-corrected chi connectivity index (χ2v) is 22.7. The maximum atomic E-state index is 12.3. The largest absolute Gasteiger partial charge is 0.358 e. The number of rotatable bonds is 13. The van der Waals surface area contributed by atoms with Gasteiger partial charge in [0.2, 0.25) is 15.8 Å². The molecule has 1 saturated heterocycles. The number of sulfone groups is 1. The lowest BCUT2D eigenvalue weighted by molar-refractivity contribution is 0.417. The van der Waals surface area contributed by atoms with Gasteiger partial charge in [-0.2, -0.15) is 40.7 Å². The number of nitrogens with one attached hydrogen (secondary N) is 6. The molecule has 6 aromatic rings. The highest BCUT2D eigenvalue weighted by atomic mass is 35.5. The minimum absolute atomic E-state index is 0. The third kappa shape index (κ3) is 16.0. The van der Waals surface area contributed by atoms with Crippen LogP contribution in [-0.4, -0.2) is 117 Å². The lowest BCUT2D eigenvalue weighted by Gasteiger charge is -2.29. The van der Waals surface area contributed by atoms with E-state index in [1.54, 1.807) is 11.9 Å². The topological polar surface area (TPSA) is 297 Å². The van der Waals surface area contributed by atoms with Crippen LogP contribution >= 0.6 is 12.4 Å². The molecule has 8 rings (SSSR count). The van der Waals surface area contributed by atoms with Crippen molar-refractivity contribution in [3.05, 3.63) is 71.3 Å². The number of benzene rings is 2. The molecule has 0 amide bonds. The molecule has 4 aromatic heterocycles. The average Bonchev–Trinajstić information content (AvgIpc) is 4.17. The van der Waals surface area contributed by atoms with Crippen molar-refractivity contribution in [1.82, 2.24) is 55.6 Å². The van der Waals surface area contributed by atoms with Crippen LogP contribution in [0.1, 0.15) is 98.8 Å². The number of nitrogens with zero attached hydrogens (tertiary/aromatic N) is 12. The van der Waals surface area contributed by atoms with E-state index in [2.05, 4.69) is 94.5 Å². The SMILES string of the molecule is Cc1ccc(-c2ncn[nH]2)cc1Nc1nc(N[C@@H]2CCNC2)nc(N(C)CC(C)(C)C)c1C#N.Cc1ccc(-c2ncn[nH]2)cc1Nc1nc(S(C)(=O)=O)nc(N(C)CC(C)(C)C)c1C#N.Cl.NC1CCCC1.[HH].[HH]. The molecule has 23 heteroatoms. The van der Waals surface area contributed by atoms with Gasteiger partial charge in [-0.3, -0.25) is 10.2 Å². The Morgan fingerprint density at radius 2 is 1.23 bits per heavy atom.